The highest BCUT2D eigenvalue weighted by Gasteiger charge is 2.23. The largest absolute Gasteiger partial charge is 0.398 e. The van der Waals surface area contributed by atoms with E-state index in [9.17, 15) is 13.6 Å². The van der Waals surface area contributed by atoms with Crippen molar-refractivity contribution in [3.63, 3.8) is 0 Å². The van der Waals surface area contributed by atoms with Crippen molar-refractivity contribution in [1.82, 2.24) is 4.90 Å². The van der Waals surface area contributed by atoms with Crippen LogP contribution in [0.3, 0.4) is 0 Å². The van der Waals surface area contributed by atoms with E-state index in [1.165, 1.54) is 6.42 Å². The summed E-state index contributed by atoms with van der Waals surface area (Å²) in [5.41, 5.74) is 5.71. The van der Waals surface area contributed by atoms with Crippen molar-refractivity contribution >= 4 is 11.6 Å². The van der Waals surface area contributed by atoms with Gasteiger partial charge in [0.05, 0.1) is 5.56 Å². The molecule has 21 heavy (non-hydrogen) atoms. The smallest absolute Gasteiger partial charge is 0.256 e. The Balaban J connectivity index is 2.11. The van der Waals surface area contributed by atoms with Gasteiger partial charge >= 0.3 is 0 Å². The van der Waals surface area contributed by atoms with Gasteiger partial charge in [0.15, 0.2) is 11.6 Å². The summed E-state index contributed by atoms with van der Waals surface area (Å²) in [6.07, 6.45) is 5.35. The molecule has 1 unspecified atom stereocenters. The van der Waals surface area contributed by atoms with Crippen LogP contribution < -0.4 is 5.73 Å². The molecular weight excluding hydrogens is 274 g/mol. The number of nitrogens with two attached hydrogens (primary N) is 1. The van der Waals surface area contributed by atoms with Crippen LogP contribution in [0.2, 0.25) is 0 Å². The van der Waals surface area contributed by atoms with Gasteiger partial charge in [0.2, 0.25) is 0 Å². The predicted octanol–water partition coefficient (Wildman–Crippen LogP) is 3.59. The number of halogens is 2. The van der Waals surface area contributed by atoms with Crippen LogP contribution in [0.4, 0.5) is 14.5 Å². The second-order valence-electron chi connectivity index (χ2n) is 5.73. The first-order chi connectivity index (χ1) is 10.0. The summed E-state index contributed by atoms with van der Waals surface area (Å²) in [6, 6.07) is 1.78. The Hall–Kier alpha value is -1.65. The molecule has 3 nitrogen and oxygen atoms in total. The molecule has 1 saturated heterocycles. The summed E-state index contributed by atoms with van der Waals surface area (Å²) < 4.78 is 26.4. The van der Waals surface area contributed by atoms with E-state index >= 15 is 0 Å². The van der Waals surface area contributed by atoms with Crippen molar-refractivity contribution < 1.29 is 13.6 Å². The highest BCUT2D eigenvalue weighted by atomic mass is 19.2. The zero-order chi connectivity index (χ0) is 15.4. The van der Waals surface area contributed by atoms with Crippen LogP contribution in [0.1, 0.15) is 49.4 Å². The van der Waals surface area contributed by atoms with E-state index in [0.717, 1.165) is 37.8 Å². The molecule has 2 N–H and O–H groups in total. The maximum atomic E-state index is 13.3. The fraction of sp³-hybridized carbons (Fsp3) is 0.562. The number of hydrogen-bond donors (Lipinski definition) is 1. The standard InChI is InChI=1S/C16H22F2N2O/c1-2-4-11-5-3-7-20(8-6-11)16(21)12-9-13(17)14(18)10-15(12)19/h9-11H,2-8,19H2,1H3. The van der Waals surface area contributed by atoms with Crippen LogP contribution in [0.5, 0.6) is 0 Å². The van der Waals surface area contributed by atoms with Crippen molar-refractivity contribution in [2.24, 2.45) is 5.92 Å². The molecule has 0 aromatic heterocycles. The Labute approximate surface area is 124 Å². The molecule has 0 aliphatic carbocycles. The van der Waals surface area contributed by atoms with E-state index in [2.05, 4.69) is 6.92 Å². The summed E-state index contributed by atoms with van der Waals surface area (Å²) >= 11 is 0. The molecule has 1 atom stereocenters. The van der Waals surface area contributed by atoms with Crippen molar-refractivity contribution in [1.29, 1.82) is 0 Å². The molecule has 0 spiro atoms. The van der Waals surface area contributed by atoms with E-state index in [-0.39, 0.29) is 17.2 Å². The van der Waals surface area contributed by atoms with Gasteiger partial charge in [-0.05, 0) is 31.2 Å². The monoisotopic (exact) mass is 296 g/mol. The molecule has 0 bridgehead atoms. The minimum Gasteiger partial charge on any atom is -0.398 e. The number of anilines is 1. The lowest BCUT2D eigenvalue weighted by Crippen LogP contribution is -2.32. The predicted molar refractivity (Wildman–Crippen MR) is 78.9 cm³/mol. The van der Waals surface area contributed by atoms with E-state index < -0.39 is 11.6 Å². The third-order valence-corrected chi connectivity index (χ3v) is 4.15. The van der Waals surface area contributed by atoms with Crippen LogP contribution in [0.25, 0.3) is 0 Å². The SMILES string of the molecule is CCCC1CCCN(C(=O)c2cc(F)c(F)cc2N)CC1. The summed E-state index contributed by atoms with van der Waals surface area (Å²) in [4.78, 5) is 14.2. The lowest BCUT2D eigenvalue weighted by molar-refractivity contribution is 0.0760. The quantitative estimate of drug-likeness (QED) is 0.866. The topological polar surface area (TPSA) is 46.3 Å². The zero-order valence-electron chi connectivity index (χ0n) is 12.4. The summed E-state index contributed by atoms with van der Waals surface area (Å²) in [5, 5.41) is 0. The van der Waals surface area contributed by atoms with Crippen LogP contribution >= 0.6 is 0 Å². The van der Waals surface area contributed by atoms with Gasteiger partial charge in [0, 0.05) is 24.8 Å². The molecule has 1 aliphatic heterocycles. The molecule has 2 rings (SSSR count). The van der Waals surface area contributed by atoms with Crippen LogP contribution in [0, 0.1) is 17.6 Å². The van der Waals surface area contributed by atoms with Crippen LogP contribution in [0.15, 0.2) is 12.1 Å². The van der Waals surface area contributed by atoms with Gasteiger partial charge < -0.3 is 10.6 Å². The first kappa shape index (κ1) is 15.7. The van der Waals surface area contributed by atoms with E-state index in [1.807, 2.05) is 0 Å². The molecule has 0 saturated carbocycles. The number of hydrogen-bond acceptors (Lipinski definition) is 2. The lowest BCUT2D eigenvalue weighted by Gasteiger charge is -2.21. The average molecular weight is 296 g/mol. The van der Waals surface area contributed by atoms with Crippen molar-refractivity contribution in [3.8, 4) is 0 Å². The van der Waals surface area contributed by atoms with Gasteiger partial charge in [0.1, 0.15) is 0 Å². The zero-order valence-corrected chi connectivity index (χ0v) is 12.4. The van der Waals surface area contributed by atoms with Gasteiger partial charge in [-0.1, -0.05) is 19.8 Å². The number of amides is 1. The molecular formula is C16H22F2N2O. The Morgan fingerprint density at radius 1 is 1.29 bits per heavy atom. The molecule has 1 fully saturated rings. The van der Waals surface area contributed by atoms with Crippen molar-refractivity contribution in [2.45, 2.75) is 39.0 Å². The van der Waals surface area contributed by atoms with Gasteiger partial charge in [-0.15, -0.1) is 0 Å². The van der Waals surface area contributed by atoms with Gasteiger partial charge in [0.25, 0.3) is 5.91 Å². The maximum Gasteiger partial charge on any atom is 0.256 e. The minimum absolute atomic E-state index is 0.00625. The fourth-order valence-corrected chi connectivity index (χ4v) is 2.98. The summed E-state index contributed by atoms with van der Waals surface area (Å²) in [7, 11) is 0. The third-order valence-electron chi connectivity index (χ3n) is 4.15. The molecule has 1 aromatic rings. The van der Waals surface area contributed by atoms with Crippen LogP contribution in [-0.2, 0) is 0 Å². The number of rotatable bonds is 3. The number of nitrogen functional groups attached to an aromatic ring is 1. The number of carbonyl (C=O) groups excluding carboxylic acids is 1. The summed E-state index contributed by atoms with van der Waals surface area (Å²) in [5.74, 6) is -1.71. The Kier molecular flexibility index (Phi) is 5.15. The molecule has 1 aromatic carbocycles. The number of carbonyl (C=O) groups is 1. The third kappa shape index (κ3) is 3.71. The fourth-order valence-electron chi connectivity index (χ4n) is 2.98. The van der Waals surface area contributed by atoms with E-state index in [4.69, 9.17) is 5.73 Å². The summed E-state index contributed by atoms with van der Waals surface area (Å²) in [6.45, 7) is 3.47. The second-order valence-corrected chi connectivity index (χ2v) is 5.73. The van der Waals surface area contributed by atoms with Crippen LogP contribution in [-0.4, -0.2) is 23.9 Å². The second kappa shape index (κ2) is 6.87. The molecule has 1 amide bonds. The Morgan fingerprint density at radius 2 is 2.00 bits per heavy atom. The van der Waals surface area contributed by atoms with Gasteiger partial charge in [-0.2, -0.15) is 0 Å². The maximum absolute atomic E-state index is 13.3. The molecule has 1 heterocycles. The van der Waals surface area contributed by atoms with E-state index in [0.29, 0.717) is 19.0 Å². The highest BCUT2D eigenvalue weighted by Crippen LogP contribution is 2.24. The highest BCUT2D eigenvalue weighted by molar-refractivity contribution is 5.99. The first-order valence-corrected chi connectivity index (χ1v) is 7.56. The van der Waals surface area contributed by atoms with E-state index in [1.54, 1.807) is 4.90 Å². The average Bonchev–Trinajstić information content (AvgIpc) is 2.68. The van der Waals surface area contributed by atoms with Crippen molar-refractivity contribution in [3.05, 3.63) is 29.3 Å². The number of benzene rings is 1. The number of likely N-dealkylation sites (tertiary alicyclic amines) is 1. The van der Waals surface area contributed by atoms with Gasteiger partial charge in [-0.25, -0.2) is 8.78 Å². The molecule has 1 aliphatic rings. The normalized spacial score (nSPS) is 19.4. The molecule has 116 valence electrons. The minimum atomic E-state index is -1.04. The molecule has 0 radical (unpaired) electrons. The molecule has 5 heteroatoms. The Morgan fingerprint density at radius 3 is 2.71 bits per heavy atom. The lowest BCUT2D eigenvalue weighted by atomic mass is 9.96. The first-order valence-electron chi connectivity index (χ1n) is 7.56. The van der Waals surface area contributed by atoms with Gasteiger partial charge in [-0.3, -0.25) is 4.79 Å². The Bertz CT molecular complexity index is 519. The number of nitrogens with zero attached hydrogens (tertiary/aromatic N) is 1. The van der Waals surface area contributed by atoms with Crippen molar-refractivity contribution in [2.75, 3.05) is 18.8 Å².